The van der Waals surface area contributed by atoms with Crippen LogP contribution >= 0.6 is 0 Å². The van der Waals surface area contributed by atoms with Gasteiger partial charge in [-0.2, -0.15) is 0 Å². The standard InChI is InChI=1S/C13H13N3O2/c1-8-2-4-10(7-16-8)18-12-6-9(13(15)17)3-5-11(12)14/h2-7H,14H2,1H3,(H2,15,17). The molecule has 4 N–H and O–H groups in total. The Morgan fingerprint density at radius 1 is 1.28 bits per heavy atom. The first-order chi connectivity index (χ1) is 8.56. The van der Waals surface area contributed by atoms with E-state index in [1.807, 2.05) is 13.0 Å². The highest BCUT2D eigenvalue weighted by Crippen LogP contribution is 2.27. The lowest BCUT2D eigenvalue weighted by atomic mass is 10.2. The summed E-state index contributed by atoms with van der Waals surface area (Å²) < 4.78 is 5.56. The van der Waals surface area contributed by atoms with E-state index in [2.05, 4.69) is 4.98 Å². The third-order valence-corrected chi connectivity index (χ3v) is 2.41. The van der Waals surface area contributed by atoms with E-state index in [9.17, 15) is 4.79 Å². The number of benzene rings is 1. The van der Waals surface area contributed by atoms with E-state index in [0.717, 1.165) is 5.69 Å². The second-order valence-electron chi connectivity index (χ2n) is 3.85. The smallest absolute Gasteiger partial charge is 0.248 e. The number of nitrogen functional groups attached to an aromatic ring is 1. The summed E-state index contributed by atoms with van der Waals surface area (Å²) in [6.45, 7) is 1.88. The van der Waals surface area contributed by atoms with Gasteiger partial charge in [-0.25, -0.2) is 0 Å². The minimum atomic E-state index is -0.526. The van der Waals surface area contributed by atoms with Gasteiger partial charge in [0.1, 0.15) is 5.75 Å². The number of aromatic nitrogens is 1. The third kappa shape index (κ3) is 2.57. The first-order valence-electron chi connectivity index (χ1n) is 5.36. The number of carbonyl (C=O) groups excluding carboxylic acids is 1. The van der Waals surface area contributed by atoms with Crippen molar-refractivity contribution >= 4 is 11.6 Å². The number of pyridine rings is 1. The van der Waals surface area contributed by atoms with Crippen LogP contribution in [0.1, 0.15) is 16.1 Å². The van der Waals surface area contributed by atoms with E-state index in [1.54, 1.807) is 24.4 Å². The highest BCUT2D eigenvalue weighted by atomic mass is 16.5. The summed E-state index contributed by atoms with van der Waals surface area (Å²) in [5, 5.41) is 0. The molecule has 0 spiro atoms. The number of amides is 1. The first kappa shape index (κ1) is 11.9. The van der Waals surface area contributed by atoms with Crippen molar-refractivity contribution in [1.82, 2.24) is 4.98 Å². The molecule has 1 aromatic heterocycles. The summed E-state index contributed by atoms with van der Waals surface area (Å²) in [6, 6.07) is 8.24. The molecule has 2 aromatic rings. The number of anilines is 1. The van der Waals surface area contributed by atoms with Gasteiger partial charge >= 0.3 is 0 Å². The van der Waals surface area contributed by atoms with Gasteiger partial charge in [0.2, 0.25) is 5.91 Å². The molecule has 0 bridgehead atoms. The van der Waals surface area contributed by atoms with Crippen LogP contribution in [0.4, 0.5) is 5.69 Å². The lowest BCUT2D eigenvalue weighted by molar-refractivity contribution is 0.1000. The summed E-state index contributed by atoms with van der Waals surface area (Å²) in [4.78, 5) is 15.2. The van der Waals surface area contributed by atoms with Crippen molar-refractivity contribution in [1.29, 1.82) is 0 Å². The van der Waals surface area contributed by atoms with Crippen molar-refractivity contribution in [3.63, 3.8) is 0 Å². The van der Waals surface area contributed by atoms with Gasteiger partial charge in [-0.3, -0.25) is 9.78 Å². The maximum atomic E-state index is 11.1. The highest BCUT2D eigenvalue weighted by Gasteiger charge is 2.07. The summed E-state index contributed by atoms with van der Waals surface area (Å²) in [6.07, 6.45) is 1.59. The molecular weight excluding hydrogens is 230 g/mol. The van der Waals surface area contributed by atoms with Crippen LogP contribution < -0.4 is 16.2 Å². The molecule has 0 atom stereocenters. The van der Waals surface area contributed by atoms with Crippen LogP contribution in [0.3, 0.4) is 0 Å². The number of ether oxygens (including phenoxy) is 1. The minimum absolute atomic E-state index is 0.347. The number of rotatable bonds is 3. The van der Waals surface area contributed by atoms with Crippen molar-refractivity contribution in [2.75, 3.05) is 5.73 Å². The molecule has 1 aromatic carbocycles. The summed E-state index contributed by atoms with van der Waals surface area (Å²) >= 11 is 0. The van der Waals surface area contributed by atoms with Gasteiger partial charge in [-0.15, -0.1) is 0 Å². The molecule has 0 radical (unpaired) electrons. The summed E-state index contributed by atoms with van der Waals surface area (Å²) in [5.74, 6) is 0.410. The van der Waals surface area contributed by atoms with Crippen molar-refractivity contribution in [2.24, 2.45) is 5.73 Å². The van der Waals surface area contributed by atoms with Gasteiger partial charge < -0.3 is 16.2 Å². The maximum Gasteiger partial charge on any atom is 0.248 e. The summed E-state index contributed by atoms with van der Waals surface area (Å²) in [5.41, 5.74) is 12.6. The fraction of sp³-hybridized carbons (Fsp3) is 0.0769. The van der Waals surface area contributed by atoms with Crippen LogP contribution in [0.25, 0.3) is 0 Å². The molecule has 0 unspecified atom stereocenters. The highest BCUT2D eigenvalue weighted by molar-refractivity contribution is 5.93. The molecule has 1 heterocycles. The Balaban J connectivity index is 2.30. The Morgan fingerprint density at radius 2 is 2.06 bits per heavy atom. The lowest BCUT2D eigenvalue weighted by Crippen LogP contribution is -2.11. The van der Waals surface area contributed by atoms with Crippen LogP contribution in [-0.4, -0.2) is 10.9 Å². The normalized spacial score (nSPS) is 10.1. The number of primary amides is 1. The van der Waals surface area contributed by atoms with Gasteiger partial charge in [0.25, 0.3) is 0 Å². The maximum absolute atomic E-state index is 11.1. The molecule has 0 aliphatic carbocycles. The molecule has 18 heavy (non-hydrogen) atoms. The second kappa shape index (κ2) is 4.75. The average molecular weight is 243 g/mol. The predicted octanol–water partition coefficient (Wildman–Crippen LogP) is 1.86. The van der Waals surface area contributed by atoms with Gasteiger partial charge in [0.05, 0.1) is 11.9 Å². The van der Waals surface area contributed by atoms with E-state index in [0.29, 0.717) is 22.7 Å². The molecular formula is C13H13N3O2. The molecule has 0 saturated carbocycles. The van der Waals surface area contributed by atoms with Crippen LogP contribution in [-0.2, 0) is 0 Å². The molecule has 2 rings (SSSR count). The Kier molecular flexibility index (Phi) is 3.14. The molecule has 92 valence electrons. The Labute approximate surface area is 104 Å². The fourth-order valence-electron chi connectivity index (χ4n) is 1.42. The van der Waals surface area contributed by atoms with Gasteiger partial charge in [-0.1, -0.05) is 0 Å². The van der Waals surface area contributed by atoms with Crippen molar-refractivity contribution < 1.29 is 9.53 Å². The van der Waals surface area contributed by atoms with E-state index < -0.39 is 5.91 Å². The van der Waals surface area contributed by atoms with Crippen molar-refractivity contribution in [2.45, 2.75) is 6.92 Å². The molecule has 5 nitrogen and oxygen atoms in total. The number of nitrogens with zero attached hydrogens (tertiary/aromatic N) is 1. The van der Waals surface area contributed by atoms with E-state index in [-0.39, 0.29) is 0 Å². The van der Waals surface area contributed by atoms with Gasteiger partial charge in [0.15, 0.2) is 5.75 Å². The Hall–Kier alpha value is -2.56. The minimum Gasteiger partial charge on any atom is -0.454 e. The lowest BCUT2D eigenvalue weighted by Gasteiger charge is -2.09. The predicted molar refractivity (Wildman–Crippen MR) is 68.4 cm³/mol. The number of aryl methyl sites for hydroxylation is 1. The molecule has 5 heteroatoms. The van der Waals surface area contributed by atoms with Crippen LogP contribution in [0.15, 0.2) is 36.5 Å². The number of nitrogens with two attached hydrogens (primary N) is 2. The zero-order valence-electron chi connectivity index (χ0n) is 9.88. The number of hydrogen-bond donors (Lipinski definition) is 2. The quantitative estimate of drug-likeness (QED) is 0.805. The molecule has 1 amide bonds. The molecule has 0 aliphatic rings. The number of carbonyl (C=O) groups is 1. The largest absolute Gasteiger partial charge is 0.454 e. The van der Waals surface area contributed by atoms with E-state index >= 15 is 0 Å². The van der Waals surface area contributed by atoms with Crippen LogP contribution in [0.5, 0.6) is 11.5 Å². The second-order valence-corrected chi connectivity index (χ2v) is 3.85. The van der Waals surface area contributed by atoms with Crippen molar-refractivity contribution in [3.8, 4) is 11.5 Å². The van der Waals surface area contributed by atoms with E-state index in [4.69, 9.17) is 16.2 Å². The Bertz CT molecular complexity index is 579. The molecule has 0 fully saturated rings. The zero-order valence-corrected chi connectivity index (χ0v) is 9.88. The first-order valence-corrected chi connectivity index (χ1v) is 5.36. The van der Waals surface area contributed by atoms with Gasteiger partial charge in [-0.05, 0) is 37.3 Å². The monoisotopic (exact) mass is 243 g/mol. The topological polar surface area (TPSA) is 91.2 Å². The van der Waals surface area contributed by atoms with Crippen LogP contribution in [0.2, 0.25) is 0 Å². The van der Waals surface area contributed by atoms with Gasteiger partial charge in [0, 0.05) is 11.3 Å². The molecule has 0 saturated heterocycles. The number of hydrogen-bond acceptors (Lipinski definition) is 4. The van der Waals surface area contributed by atoms with Crippen LogP contribution in [0, 0.1) is 6.92 Å². The zero-order chi connectivity index (χ0) is 13.1. The molecule has 0 aliphatic heterocycles. The van der Waals surface area contributed by atoms with E-state index in [1.165, 1.54) is 6.07 Å². The van der Waals surface area contributed by atoms with Crippen molar-refractivity contribution in [3.05, 3.63) is 47.8 Å². The third-order valence-electron chi connectivity index (χ3n) is 2.41. The SMILES string of the molecule is Cc1ccc(Oc2cc(C(N)=O)ccc2N)cn1. The average Bonchev–Trinajstić information content (AvgIpc) is 2.34. The Morgan fingerprint density at radius 3 is 2.67 bits per heavy atom. The fourth-order valence-corrected chi connectivity index (χ4v) is 1.42. The summed E-state index contributed by atoms with van der Waals surface area (Å²) in [7, 11) is 0.